The van der Waals surface area contributed by atoms with Gasteiger partial charge in [-0.2, -0.15) is 0 Å². The van der Waals surface area contributed by atoms with Gasteiger partial charge in [-0.15, -0.1) is 0 Å². The monoisotopic (exact) mass is 255 g/mol. The molecular weight excluding hydrogens is 226 g/mol. The first-order valence-corrected chi connectivity index (χ1v) is 7.43. The molecular formula is C15H29NO2. The molecule has 3 nitrogen and oxygen atoms in total. The topological polar surface area (TPSA) is 30.5 Å². The third-order valence-corrected chi connectivity index (χ3v) is 4.56. The van der Waals surface area contributed by atoms with Crippen molar-refractivity contribution >= 4 is 0 Å². The van der Waals surface area contributed by atoms with Gasteiger partial charge in [0.05, 0.1) is 31.0 Å². The van der Waals surface area contributed by atoms with Gasteiger partial charge in [0.1, 0.15) is 0 Å². The summed E-state index contributed by atoms with van der Waals surface area (Å²) in [7, 11) is 0. The lowest BCUT2D eigenvalue weighted by atomic mass is 9.68. The van der Waals surface area contributed by atoms with Crippen LogP contribution in [-0.2, 0) is 9.47 Å². The maximum Gasteiger partial charge on any atom is 0.0858 e. The van der Waals surface area contributed by atoms with Crippen molar-refractivity contribution in [2.24, 2.45) is 5.41 Å². The van der Waals surface area contributed by atoms with Gasteiger partial charge in [0.15, 0.2) is 0 Å². The van der Waals surface area contributed by atoms with Crippen LogP contribution in [0.3, 0.4) is 0 Å². The number of hydrogen-bond acceptors (Lipinski definition) is 3. The van der Waals surface area contributed by atoms with Crippen LogP contribution in [0.1, 0.15) is 53.4 Å². The summed E-state index contributed by atoms with van der Waals surface area (Å²) in [5.74, 6) is 0. The molecule has 1 saturated heterocycles. The van der Waals surface area contributed by atoms with Gasteiger partial charge < -0.3 is 14.8 Å². The third kappa shape index (κ3) is 3.25. The van der Waals surface area contributed by atoms with Crippen molar-refractivity contribution in [1.82, 2.24) is 5.32 Å². The summed E-state index contributed by atoms with van der Waals surface area (Å²) in [5, 5.41) is 3.61. The molecule has 3 heteroatoms. The van der Waals surface area contributed by atoms with E-state index in [1.165, 1.54) is 25.7 Å². The summed E-state index contributed by atoms with van der Waals surface area (Å²) in [5.41, 5.74) is 0.512. The third-order valence-electron chi connectivity index (χ3n) is 4.56. The van der Waals surface area contributed by atoms with Crippen molar-refractivity contribution in [1.29, 1.82) is 0 Å². The maximum atomic E-state index is 6.20. The van der Waals surface area contributed by atoms with Crippen molar-refractivity contribution in [3.63, 3.8) is 0 Å². The molecule has 1 N–H and O–H groups in total. The van der Waals surface area contributed by atoms with Crippen molar-refractivity contribution in [3.8, 4) is 0 Å². The first kappa shape index (κ1) is 14.3. The molecule has 106 valence electrons. The fraction of sp³-hybridized carbons (Fsp3) is 1.00. The molecule has 0 aromatic carbocycles. The van der Waals surface area contributed by atoms with Crippen LogP contribution < -0.4 is 5.32 Å². The molecule has 1 spiro atoms. The molecule has 18 heavy (non-hydrogen) atoms. The molecule has 2 fully saturated rings. The fourth-order valence-electron chi connectivity index (χ4n) is 3.12. The normalized spacial score (nSPS) is 30.8. The van der Waals surface area contributed by atoms with E-state index in [1.807, 2.05) is 0 Å². The highest BCUT2D eigenvalue weighted by atomic mass is 16.5. The predicted octanol–water partition coefficient (Wildman–Crippen LogP) is 2.74. The van der Waals surface area contributed by atoms with Crippen molar-refractivity contribution in [2.75, 3.05) is 19.8 Å². The van der Waals surface area contributed by atoms with Crippen molar-refractivity contribution < 1.29 is 9.47 Å². The molecule has 1 aliphatic carbocycles. The lowest BCUT2D eigenvalue weighted by Crippen LogP contribution is -2.61. The summed E-state index contributed by atoms with van der Waals surface area (Å²) >= 11 is 0. The average Bonchev–Trinajstić information content (AvgIpc) is 2.32. The average molecular weight is 255 g/mol. The van der Waals surface area contributed by atoms with Crippen LogP contribution in [0.15, 0.2) is 0 Å². The second kappa shape index (κ2) is 5.48. The number of rotatable bonds is 3. The van der Waals surface area contributed by atoms with E-state index in [1.54, 1.807) is 0 Å². The Morgan fingerprint density at radius 3 is 2.50 bits per heavy atom. The molecule has 2 rings (SSSR count). The Morgan fingerprint density at radius 2 is 1.89 bits per heavy atom. The quantitative estimate of drug-likeness (QED) is 0.841. The van der Waals surface area contributed by atoms with Gasteiger partial charge in [-0.1, -0.05) is 13.8 Å². The lowest BCUT2D eigenvalue weighted by molar-refractivity contribution is -0.146. The number of morpholine rings is 1. The van der Waals surface area contributed by atoms with Crippen LogP contribution >= 0.6 is 0 Å². The van der Waals surface area contributed by atoms with Crippen LogP contribution in [-0.4, -0.2) is 37.5 Å². The smallest absolute Gasteiger partial charge is 0.0858 e. The Bertz CT molecular complexity index is 266. The van der Waals surface area contributed by atoms with E-state index < -0.39 is 0 Å². The molecule has 0 aromatic rings. The molecule has 1 saturated carbocycles. The zero-order valence-electron chi connectivity index (χ0n) is 12.4. The Labute approximate surface area is 112 Å². The van der Waals surface area contributed by atoms with Gasteiger partial charge >= 0.3 is 0 Å². The Kier molecular flexibility index (Phi) is 4.35. The van der Waals surface area contributed by atoms with Gasteiger partial charge in [0.25, 0.3) is 0 Å². The van der Waals surface area contributed by atoms with Gasteiger partial charge in [-0.25, -0.2) is 0 Å². The Morgan fingerprint density at radius 1 is 1.22 bits per heavy atom. The van der Waals surface area contributed by atoms with Crippen molar-refractivity contribution in [3.05, 3.63) is 0 Å². The minimum atomic E-state index is 0.0304. The molecule has 0 bridgehead atoms. The van der Waals surface area contributed by atoms with Crippen molar-refractivity contribution in [2.45, 2.75) is 71.1 Å². The second-order valence-electron chi connectivity index (χ2n) is 6.97. The highest BCUT2D eigenvalue weighted by molar-refractivity contribution is 5.00. The van der Waals surface area contributed by atoms with Crippen LogP contribution in [0.5, 0.6) is 0 Å². The summed E-state index contributed by atoms with van der Waals surface area (Å²) in [6.45, 7) is 11.5. The SMILES string of the molecule is CC(C)OCC1NCCOC12CCC(C)(C)CC2. The van der Waals surface area contributed by atoms with E-state index in [-0.39, 0.29) is 5.60 Å². The highest BCUT2D eigenvalue weighted by Crippen LogP contribution is 2.44. The molecule has 1 heterocycles. The summed E-state index contributed by atoms with van der Waals surface area (Å²) in [4.78, 5) is 0. The number of hydrogen-bond donors (Lipinski definition) is 1. The highest BCUT2D eigenvalue weighted by Gasteiger charge is 2.46. The van der Waals surface area contributed by atoms with E-state index in [0.717, 1.165) is 19.8 Å². The van der Waals surface area contributed by atoms with Gasteiger partial charge in [-0.3, -0.25) is 0 Å². The van der Waals surface area contributed by atoms with Gasteiger partial charge in [0, 0.05) is 6.54 Å². The lowest BCUT2D eigenvalue weighted by Gasteiger charge is -2.50. The van der Waals surface area contributed by atoms with Crippen LogP contribution in [0.4, 0.5) is 0 Å². The van der Waals surface area contributed by atoms with E-state index in [2.05, 4.69) is 33.0 Å². The fourth-order valence-corrected chi connectivity index (χ4v) is 3.12. The molecule has 0 radical (unpaired) electrons. The molecule has 1 atom stereocenters. The van der Waals surface area contributed by atoms with Crippen LogP contribution in [0.25, 0.3) is 0 Å². The summed E-state index contributed by atoms with van der Waals surface area (Å²) in [6.07, 6.45) is 5.14. The van der Waals surface area contributed by atoms with E-state index in [0.29, 0.717) is 17.6 Å². The summed E-state index contributed by atoms with van der Waals surface area (Å²) < 4.78 is 12.0. The first-order valence-electron chi connectivity index (χ1n) is 7.43. The van der Waals surface area contributed by atoms with E-state index in [4.69, 9.17) is 9.47 Å². The minimum absolute atomic E-state index is 0.0304. The minimum Gasteiger partial charge on any atom is -0.377 e. The molecule has 1 unspecified atom stereocenters. The molecule has 1 aliphatic heterocycles. The maximum absolute atomic E-state index is 6.20. The number of nitrogens with one attached hydrogen (secondary N) is 1. The standard InChI is InChI=1S/C15H29NO2/c1-12(2)17-11-13-15(18-10-9-16-13)7-5-14(3,4)6-8-15/h12-13,16H,5-11H2,1-4H3. The molecule has 0 amide bonds. The second-order valence-corrected chi connectivity index (χ2v) is 6.97. The van der Waals surface area contributed by atoms with Gasteiger partial charge in [-0.05, 0) is 44.9 Å². The number of ether oxygens (including phenoxy) is 2. The molecule has 0 aromatic heterocycles. The van der Waals surface area contributed by atoms with Crippen LogP contribution in [0.2, 0.25) is 0 Å². The van der Waals surface area contributed by atoms with Gasteiger partial charge in [0.2, 0.25) is 0 Å². The first-order chi connectivity index (χ1) is 8.44. The summed E-state index contributed by atoms with van der Waals surface area (Å²) in [6, 6.07) is 0.366. The van der Waals surface area contributed by atoms with E-state index >= 15 is 0 Å². The zero-order valence-corrected chi connectivity index (χ0v) is 12.4. The zero-order chi connectivity index (χ0) is 13.2. The van der Waals surface area contributed by atoms with E-state index in [9.17, 15) is 0 Å². The largest absolute Gasteiger partial charge is 0.377 e. The molecule has 2 aliphatic rings. The Balaban J connectivity index is 1.98. The Hall–Kier alpha value is -0.120. The predicted molar refractivity (Wildman–Crippen MR) is 73.8 cm³/mol. The van der Waals surface area contributed by atoms with Crippen LogP contribution in [0, 0.1) is 5.41 Å².